The molecule has 2 aliphatic rings. The number of nitrogens with zero attached hydrogens (tertiary/aromatic N) is 1. The van der Waals surface area contributed by atoms with Crippen LogP contribution in [0.1, 0.15) is 45.4 Å². The van der Waals surface area contributed by atoms with Gasteiger partial charge >= 0.3 is 0 Å². The predicted octanol–water partition coefficient (Wildman–Crippen LogP) is 2.73. The van der Waals surface area contributed by atoms with Gasteiger partial charge in [-0.15, -0.1) is 0 Å². The van der Waals surface area contributed by atoms with Crippen LogP contribution in [0.5, 0.6) is 0 Å². The lowest BCUT2D eigenvalue weighted by Gasteiger charge is -2.39. The Hall–Kier alpha value is 0.270. The van der Waals surface area contributed by atoms with Gasteiger partial charge in [0.2, 0.25) is 0 Å². The summed E-state index contributed by atoms with van der Waals surface area (Å²) in [5.74, 6) is 0. The van der Waals surface area contributed by atoms with Gasteiger partial charge in [0.05, 0.1) is 0 Å². The molecule has 2 rings (SSSR count). The maximum absolute atomic E-state index is 3.71. The van der Waals surface area contributed by atoms with Crippen molar-refractivity contribution >= 4 is 11.8 Å². The van der Waals surface area contributed by atoms with Crippen molar-refractivity contribution in [2.75, 3.05) is 25.9 Å². The highest BCUT2D eigenvalue weighted by Gasteiger charge is 2.33. The van der Waals surface area contributed by atoms with Gasteiger partial charge in [0.1, 0.15) is 0 Å². The Morgan fingerprint density at radius 3 is 2.88 bits per heavy atom. The fourth-order valence-corrected chi connectivity index (χ4v) is 4.45. The Labute approximate surface area is 111 Å². The van der Waals surface area contributed by atoms with Crippen molar-refractivity contribution in [2.45, 2.75) is 62.8 Å². The molecule has 0 aromatic heterocycles. The largest absolute Gasteiger partial charge is 0.313 e. The van der Waals surface area contributed by atoms with Crippen LogP contribution in [0.3, 0.4) is 0 Å². The fourth-order valence-electron chi connectivity index (χ4n) is 3.42. The quantitative estimate of drug-likeness (QED) is 0.814. The monoisotopic (exact) mass is 256 g/mol. The molecule has 0 spiro atoms. The highest BCUT2D eigenvalue weighted by molar-refractivity contribution is 7.99. The van der Waals surface area contributed by atoms with E-state index in [0.717, 1.165) is 17.3 Å². The van der Waals surface area contributed by atoms with Crippen molar-refractivity contribution in [3.05, 3.63) is 0 Å². The van der Waals surface area contributed by atoms with E-state index in [0.29, 0.717) is 0 Å². The van der Waals surface area contributed by atoms with Crippen molar-refractivity contribution in [3.63, 3.8) is 0 Å². The van der Waals surface area contributed by atoms with Gasteiger partial charge in [0, 0.05) is 23.9 Å². The summed E-state index contributed by atoms with van der Waals surface area (Å²) in [6, 6.07) is 1.63. The molecule has 1 heterocycles. The lowest BCUT2D eigenvalue weighted by molar-refractivity contribution is 0.141. The van der Waals surface area contributed by atoms with Gasteiger partial charge < -0.3 is 5.32 Å². The summed E-state index contributed by atoms with van der Waals surface area (Å²) in [6.07, 6.45) is 10.6. The number of rotatable bonds is 5. The third-order valence-corrected chi connectivity index (χ3v) is 5.48. The number of thioether (sulfide) groups is 1. The molecule has 1 aliphatic heterocycles. The van der Waals surface area contributed by atoms with Crippen LogP contribution in [0.25, 0.3) is 0 Å². The van der Waals surface area contributed by atoms with Crippen LogP contribution < -0.4 is 5.32 Å². The lowest BCUT2D eigenvalue weighted by Crippen LogP contribution is -2.51. The molecule has 2 fully saturated rings. The van der Waals surface area contributed by atoms with E-state index in [2.05, 4.69) is 35.2 Å². The van der Waals surface area contributed by atoms with Gasteiger partial charge in [-0.2, -0.15) is 11.8 Å². The van der Waals surface area contributed by atoms with E-state index >= 15 is 0 Å². The minimum atomic E-state index is 0.756. The first-order valence-corrected chi connectivity index (χ1v) is 8.64. The number of likely N-dealkylation sites (tertiary alicyclic amines) is 1. The van der Waals surface area contributed by atoms with Crippen molar-refractivity contribution in [1.82, 2.24) is 10.2 Å². The number of hydrogen-bond acceptors (Lipinski definition) is 3. The first-order chi connectivity index (χ1) is 8.35. The van der Waals surface area contributed by atoms with Crippen molar-refractivity contribution in [1.29, 1.82) is 0 Å². The summed E-state index contributed by atoms with van der Waals surface area (Å²) in [4.78, 5) is 2.78. The van der Waals surface area contributed by atoms with Crippen LogP contribution in [0.2, 0.25) is 0 Å². The number of hydrogen-bond donors (Lipinski definition) is 1. The normalized spacial score (nSPS) is 35.3. The molecule has 3 unspecified atom stereocenters. The van der Waals surface area contributed by atoms with Crippen LogP contribution in [0.15, 0.2) is 0 Å². The summed E-state index contributed by atoms with van der Waals surface area (Å²) < 4.78 is 0. The van der Waals surface area contributed by atoms with Crippen LogP contribution >= 0.6 is 11.8 Å². The molecule has 0 bridgehead atoms. The zero-order valence-corrected chi connectivity index (χ0v) is 12.3. The molecule has 17 heavy (non-hydrogen) atoms. The SMILES string of the molecule is CCCNC1CCCN(C2CCCC2SC)C1. The number of nitrogens with one attached hydrogen (secondary N) is 1. The maximum atomic E-state index is 3.71. The second kappa shape index (κ2) is 7.01. The predicted molar refractivity (Wildman–Crippen MR) is 77.8 cm³/mol. The topological polar surface area (TPSA) is 15.3 Å². The van der Waals surface area contributed by atoms with Crippen LogP contribution in [-0.2, 0) is 0 Å². The fraction of sp³-hybridized carbons (Fsp3) is 1.00. The minimum Gasteiger partial charge on any atom is -0.313 e. The van der Waals surface area contributed by atoms with E-state index in [-0.39, 0.29) is 0 Å². The summed E-state index contributed by atoms with van der Waals surface area (Å²) >= 11 is 2.09. The molecule has 3 atom stereocenters. The molecular formula is C14H28N2S. The van der Waals surface area contributed by atoms with Crippen molar-refractivity contribution in [3.8, 4) is 0 Å². The van der Waals surface area contributed by atoms with E-state index in [1.54, 1.807) is 0 Å². The summed E-state index contributed by atoms with van der Waals surface area (Å²) in [7, 11) is 0. The van der Waals surface area contributed by atoms with E-state index in [9.17, 15) is 0 Å². The second-order valence-electron chi connectivity index (χ2n) is 5.56. The molecule has 0 radical (unpaired) electrons. The maximum Gasteiger partial charge on any atom is 0.0215 e. The minimum absolute atomic E-state index is 0.756. The van der Waals surface area contributed by atoms with E-state index < -0.39 is 0 Å². The van der Waals surface area contributed by atoms with Crippen LogP contribution in [-0.4, -0.2) is 48.1 Å². The molecule has 100 valence electrons. The highest BCUT2D eigenvalue weighted by atomic mass is 32.2. The van der Waals surface area contributed by atoms with E-state index in [1.165, 1.54) is 58.2 Å². The Bertz CT molecular complexity index is 222. The molecule has 1 N–H and O–H groups in total. The lowest BCUT2D eigenvalue weighted by atomic mass is 10.0. The molecule has 2 nitrogen and oxygen atoms in total. The average molecular weight is 256 g/mol. The Balaban J connectivity index is 1.83. The highest BCUT2D eigenvalue weighted by Crippen LogP contribution is 2.33. The molecule has 0 aromatic rings. The van der Waals surface area contributed by atoms with Gasteiger partial charge in [0.15, 0.2) is 0 Å². The Morgan fingerprint density at radius 2 is 2.12 bits per heavy atom. The van der Waals surface area contributed by atoms with Gasteiger partial charge in [-0.1, -0.05) is 13.3 Å². The van der Waals surface area contributed by atoms with Gasteiger partial charge in [-0.25, -0.2) is 0 Å². The van der Waals surface area contributed by atoms with Gasteiger partial charge in [-0.3, -0.25) is 4.90 Å². The molecular weight excluding hydrogens is 228 g/mol. The van der Waals surface area contributed by atoms with E-state index in [4.69, 9.17) is 0 Å². The third kappa shape index (κ3) is 3.62. The number of piperidine rings is 1. The zero-order valence-electron chi connectivity index (χ0n) is 11.5. The summed E-state index contributed by atoms with van der Waals surface area (Å²) in [5.41, 5.74) is 0. The molecule has 0 aromatic carbocycles. The zero-order chi connectivity index (χ0) is 12.1. The first kappa shape index (κ1) is 13.7. The second-order valence-corrected chi connectivity index (χ2v) is 6.64. The standard InChI is InChI=1S/C14H28N2S/c1-3-9-15-12-6-5-10-16(11-12)13-7-4-8-14(13)17-2/h12-15H,3-11H2,1-2H3. The van der Waals surface area contributed by atoms with Gasteiger partial charge in [-0.05, 0) is 51.4 Å². The van der Waals surface area contributed by atoms with Crippen molar-refractivity contribution < 1.29 is 0 Å². The Kier molecular flexibility index (Phi) is 5.64. The summed E-state index contributed by atoms with van der Waals surface area (Å²) in [5, 5.41) is 4.61. The molecule has 0 amide bonds. The summed E-state index contributed by atoms with van der Waals surface area (Å²) in [6.45, 7) is 6.08. The first-order valence-electron chi connectivity index (χ1n) is 7.35. The molecule has 1 saturated heterocycles. The van der Waals surface area contributed by atoms with Crippen LogP contribution in [0.4, 0.5) is 0 Å². The molecule has 1 saturated carbocycles. The Morgan fingerprint density at radius 1 is 1.24 bits per heavy atom. The van der Waals surface area contributed by atoms with E-state index in [1.807, 2.05) is 0 Å². The van der Waals surface area contributed by atoms with Gasteiger partial charge in [0.25, 0.3) is 0 Å². The molecule has 1 aliphatic carbocycles. The average Bonchev–Trinajstić information content (AvgIpc) is 2.85. The molecule has 3 heteroatoms. The van der Waals surface area contributed by atoms with Crippen LogP contribution in [0, 0.1) is 0 Å². The van der Waals surface area contributed by atoms with Crippen molar-refractivity contribution in [2.24, 2.45) is 0 Å². The smallest absolute Gasteiger partial charge is 0.0215 e. The third-order valence-electron chi connectivity index (χ3n) is 4.33.